The summed E-state index contributed by atoms with van der Waals surface area (Å²) in [4.78, 5) is 22.6. The van der Waals surface area contributed by atoms with Gasteiger partial charge in [0.05, 0.1) is 16.1 Å². The molecule has 1 heterocycles. The zero-order valence-electron chi connectivity index (χ0n) is 13.7. The van der Waals surface area contributed by atoms with Crippen molar-refractivity contribution in [3.8, 4) is 5.69 Å². The molecule has 1 saturated carbocycles. The minimum absolute atomic E-state index is 0. The fraction of sp³-hybridized carbons (Fsp3) is 0.375. The van der Waals surface area contributed by atoms with E-state index < -0.39 is 10.5 Å². The number of halogens is 1. The molecule has 134 valence electrons. The van der Waals surface area contributed by atoms with Crippen LogP contribution in [0.1, 0.15) is 30.3 Å². The fourth-order valence-electron chi connectivity index (χ4n) is 2.68. The number of nitro groups is 1. The summed E-state index contributed by atoms with van der Waals surface area (Å²) in [6.07, 6.45) is 3.80. The maximum atomic E-state index is 12.4. The molecule has 1 aliphatic rings. The molecule has 1 aromatic heterocycles. The number of non-ortho nitro benzene ring substituents is 1. The van der Waals surface area contributed by atoms with E-state index in [9.17, 15) is 14.9 Å². The van der Waals surface area contributed by atoms with Crippen LogP contribution in [0.5, 0.6) is 0 Å². The van der Waals surface area contributed by atoms with Crippen LogP contribution in [0.25, 0.3) is 5.69 Å². The van der Waals surface area contributed by atoms with Crippen LogP contribution in [0.4, 0.5) is 5.69 Å². The van der Waals surface area contributed by atoms with Gasteiger partial charge in [-0.25, -0.2) is 4.68 Å². The standard InChI is InChI=1S/C16H19N5O3.ClH/c1-16(10-17,11-2-3-11)18-15(22)14-8-9-20(19-14)12-4-6-13(7-5-12)21(23)24;/h4-9,11H,2-3,10,17H2,1H3,(H,18,22);1H. The molecule has 1 fully saturated rings. The van der Waals surface area contributed by atoms with E-state index >= 15 is 0 Å². The smallest absolute Gasteiger partial charge is 0.272 e. The second kappa shape index (κ2) is 7.20. The van der Waals surface area contributed by atoms with Crippen LogP contribution in [0.2, 0.25) is 0 Å². The molecule has 2 aromatic rings. The second-order valence-electron chi connectivity index (χ2n) is 6.27. The minimum Gasteiger partial charge on any atom is -0.344 e. The van der Waals surface area contributed by atoms with Gasteiger partial charge in [0.15, 0.2) is 5.69 Å². The Morgan fingerprint density at radius 1 is 1.40 bits per heavy atom. The van der Waals surface area contributed by atoms with Crippen molar-refractivity contribution in [1.82, 2.24) is 15.1 Å². The van der Waals surface area contributed by atoms with E-state index in [1.165, 1.54) is 16.8 Å². The number of benzene rings is 1. The molecule has 0 aliphatic heterocycles. The Kier molecular flexibility index (Phi) is 5.44. The molecule has 1 aliphatic carbocycles. The maximum Gasteiger partial charge on any atom is 0.272 e. The minimum atomic E-state index is -0.461. The second-order valence-corrected chi connectivity index (χ2v) is 6.27. The van der Waals surface area contributed by atoms with Gasteiger partial charge in [-0.2, -0.15) is 5.10 Å². The van der Waals surface area contributed by atoms with Crippen LogP contribution in [-0.2, 0) is 0 Å². The number of carbonyl (C=O) groups excluding carboxylic acids is 1. The molecular weight excluding hydrogens is 346 g/mol. The van der Waals surface area contributed by atoms with Gasteiger partial charge in [-0.1, -0.05) is 0 Å². The monoisotopic (exact) mass is 365 g/mol. The Hall–Kier alpha value is -2.45. The first-order valence-electron chi connectivity index (χ1n) is 7.76. The summed E-state index contributed by atoms with van der Waals surface area (Å²) >= 11 is 0. The topological polar surface area (TPSA) is 116 Å². The van der Waals surface area contributed by atoms with Gasteiger partial charge >= 0.3 is 0 Å². The molecule has 3 N–H and O–H groups in total. The molecule has 0 radical (unpaired) electrons. The summed E-state index contributed by atoms with van der Waals surface area (Å²) in [5.74, 6) is 0.152. The number of aromatic nitrogens is 2. The van der Waals surface area contributed by atoms with E-state index in [0.717, 1.165) is 12.8 Å². The van der Waals surface area contributed by atoms with Crippen molar-refractivity contribution >= 4 is 24.0 Å². The molecule has 0 saturated heterocycles. The number of carbonyl (C=O) groups is 1. The molecule has 9 heteroatoms. The van der Waals surface area contributed by atoms with Crippen molar-refractivity contribution < 1.29 is 9.72 Å². The number of rotatable bonds is 6. The Morgan fingerprint density at radius 2 is 2.04 bits per heavy atom. The van der Waals surface area contributed by atoms with Gasteiger partial charge < -0.3 is 11.1 Å². The number of nitro benzene ring substituents is 1. The van der Waals surface area contributed by atoms with E-state index in [1.807, 2.05) is 6.92 Å². The van der Waals surface area contributed by atoms with Gasteiger partial charge in [-0.05, 0) is 43.9 Å². The fourth-order valence-corrected chi connectivity index (χ4v) is 2.68. The summed E-state index contributed by atoms with van der Waals surface area (Å²) < 4.78 is 1.51. The highest BCUT2D eigenvalue weighted by molar-refractivity contribution is 5.92. The van der Waals surface area contributed by atoms with Gasteiger partial charge in [0.1, 0.15) is 0 Å². The van der Waals surface area contributed by atoms with Gasteiger partial charge in [-0.15, -0.1) is 12.4 Å². The predicted molar refractivity (Wildman–Crippen MR) is 95.1 cm³/mol. The Balaban J connectivity index is 0.00000225. The third kappa shape index (κ3) is 3.97. The lowest BCUT2D eigenvalue weighted by atomic mass is 9.96. The van der Waals surface area contributed by atoms with Crippen molar-refractivity contribution in [2.45, 2.75) is 25.3 Å². The first kappa shape index (κ1) is 18.9. The number of amides is 1. The van der Waals surface area contributed by atoms with Crippen LogP contribution < -0.4 is 11.1 Å². The number of nitrogens with zero attached hydrogens (tertiary/aromatic N) is 3. The molecule has 3 rings (SSSR count). The highest BCUT2D eigenvalue weighted by Gasteiger charge is 2.41. The lowest BCUT2D eigenvalue weighted by Crippen LogP contribution is -2.53. The van der Waals surface area contributed by atoms with Crippen LogP contribution >= 0.6 is 12.4 Å². The summed E-state index contributed by atoms with van der Waals surface area (Å²) in [5, 5.41) is 17.9. The van der Waals surface area contributed by atoms with Gasteiger partial charge in [0, 0.05) is 24.9 Å². The van der Waals surface area contributed by atoms with Gasteiger partial charge in [0.25, 0.3) is 11.6 Å². The number of hydrogen-bond acceptors (Lipinski definition) is 5. The predicted octanol–water partition coefficient (Wildman–Crippen LogP) is 2.06. The quantitative estimate of drug-likeness (QED) is 0.600. The van der Waals surface area contributed by atoms with Crippen molar-refractivity contribution in [2.24, 2.45) is 11.7 Å². The van der Waals surface area contributed by atoms with Crippen molar-refractivity contribution in [2.75, 3.05) is 6.54 Å². The lowest BCUT2D eigenvalue weighted by Gasteiger charge is -2.29. The van der Waals surface area contributed by atoms with Crippen molar-refractivity contribution in [3.63, 3.8) is 0 Å². The normalized spacial score (nSPS) is 15.8. The SMILES string of the molecule is CC(CN)(NC(=O)c1ccn(-c2ccc([N+](=O)[O-])cc2)n1)C1CC1.Cl. The Morgan fingerprint density at radius 3 is 2.56 bits per heavy atom. The summed E-state index contributed by atoms with van der Waals surface area (Å²) in [5.41, 5.74) is 6.34. The van der Waals surface area contributed by atoms with Crippen molar-refractivity contribution in [1.29, 1.82) is 0 Å². The van der Waals surface area contributed by atoms with Crippen molar-refractivity contribution in [3.05, 3.63) is 52.3 Å². The maximum absolute atomic E-state index is 12.4. The molecule has 1 aromatic carbocycles. The molecule has 8 nitrogen and oxygen atoms in total. The molecule has 1 amide bonds. The van der Waals surface area contributed by atoms with E-state index in [1.54, 1.807) is 24.4 Å². The Labute approximate surface area is 151 Å². The van der Waals surface area contributed by atoms with E-state index in [0.29, 0.717) is 18.2 Å². The van der Waals surface area contributed by atoms with E-state index in [4.69, 9.17) is 5.73 Å². The zero-order chi connectivity index (χ0) is 17.3. The van der Waals surface area contributed by atoms with Gasteiger partial charge in [0.2, 0.25) is 0 Å². The highest BCUT2D eigenvalue weighted by Crippen LogP contribution is 2.39. The highest BCUT2D eigenvalue weighted by atomic mass is 35.5. The third-order valence-corrected chi connectivity index (χ3v) is 4.45. The average Bonchev–Trinajstić information content (AvgIpc) is 3.32. The summed E-state index contributed by atoms with van der Waals surface area (Å²) in [6, 6.07) is 7.58. The molecule has 1 atom stereocenters. The Bertz CT molecular complexity index is 772. The summed E-state index contributed by atoms with van der Waals surface area (Å²) in [6.45, 7) is 2.34. The van der Waals surface area contributed by atoms with Crippen LogP contribution in [0.3, 0.4) is 0 Å². The van der Waals surface area contributed by atoms with E-state index in [2.05, 4.69) is 10.4 Å². The van der Waals surface area contributed by atoms with Crippen LogP contribution in [-0.4, -0.2) is 32.7 Å². The summed E-state index contributed by atoms with van der Waals surface area (Å²) in [7, 11) is 0. The molecular formula is C16H20ClN5O3. The molecule has 0 spiro atoms. The lowest BCUT2D eigenvalue weighted by molar-refractivity contribution is -0.384. The molecule has 0 bridgehead atoms. The first-order valence-corrected chi connectivity index (χ1v) is 7.76. The van der Waals surface area contributed by atoms with Gasteiger partial charge in [-0.3, -0.25) is 14.9 Å². The zero-order valence-corrected chi connectivity index (χ0v) is 14.5. The van der Waals surface area contributed by atoms with Crippen LogP contribution in [0.15, 0.2) is 36.5 Å². The largest absolute Gasteiger partial charge is 0.344 e. The first-order chi connectivity index (χ1) is 11.4. The molecule has 25 heavy (non-hydrogen) atoms. The average molecular weight is 366 g/mol. The van der Waals surface area contributed by atoms with Crippen LogP contribution in [0, 0.1) is 16.0 Å². The third-order valence-electron chi connectivity index (χ3n) is 4.45. The number of nitrogens with one attached hydrogen (secondary N) is 1. The molecule has 1 unspecified atom stereocenters. The van der Waals surface area contributed by atoms with E-state index in [-0.39, 0.29) is 29.7 Å². The number of nitrogens with two attached hydrogens (primary N) is 1. The number of hydrogen-bond donors (Lipinski definition) is 2.